The Bertz CT molecular complexity index is 671. The van der Waals surface area contributed by atoms with Crippen LogP contribution in [0.25, 0.3) is 0 Å². The Morgan fingerprint density at radius 3 is 2.67 bits per heavy atom. The zero-order valence-corrected chi connectivity index (χ0v) is 13.7. The number of hydrogen-bond donors (Lipinski definition) is 0. The number of carbonyl (C=O) groups excluding carboxylic acids is 3. The molecule has 3 aliphatic rings. The Labute approximate surface area is 140 Å². The van der Waals surface area contributed by atoms with E-state index >= 15 is 0 Å². The maximum atomic E-state index is 12.1. The lowest BCUT2D eigenvalue weighted by Gasteiger charge is -2.28. The predicted octanol–water partition coefficient (Wildman–Crippen LogP) is 1.85. The minimum atomic E-state index is -0.746. The lowest BCUT2D eigenvalue weighted by atomic mass is 9.84. The minimum absolute atomic E-state index is 0.154. The van der Waals surface area contributed by atoms with Crippen molar-refractivity contribution in [2.24, 2.45) is 11.8 Å². The van der Waals surface area contributed by atoms with Crippen LogP contribution in [0.15, 0.2) is 36.1 Å². The number of rotatable bonds is 2. The summed E-state index contributed by atoms with van der Waals surface area (Å²) in [5, 5.41) is 0. The molecule has 0 radical (unpaired) electrons. The third-order valence-electron chi connectivity index (χ3n) is 4.57. The molecular weight excluding hydrogens is 312 g/mol. The van der Waals surface area contributed by atoms with Crippen molar-refractivity contribution in [2.75, 3.05) is 0 Å². The molecule has 0 unspecified atom stereocenters. The zero-order valence-electron chi connectivity index (χ0n) is 13.7. The molecule has 0 aliphatic carbocycles. The molecule has 4 atom stereocenters. The van der Waals surface area contributed by atoms with Gasteiger partial charge in [-0.3, -0.25) is 9.59 Å². The second-order valence-corrected chi connectivity index (χ2v) is 6.69. The van der Waals surface area contributed by atoms with E-state index in [-0.39, 0.29) is 23.7 Å². The molecule has 128 valence electrons. The van der Waals surface area contributed by atoms with Crippen molar-refractivity contribution in [1.82, 2.24) is 0 Å². The van der Waals surface area contributed by atoms with Gasteiger partial charge >= 0.3 is 11.9 Å². The number of fused-ring (bicyclic) bond motifs is 3. The van der Waals surface area contributed by atoms with Crippen LogP contribution < -0.4 is 0 Å². The third kappa shape index (κ3) is 2.77. The van der Waals surface area contributed by atoms with E-state index in [9.17, 15) is 14.4 Å². The van der Waals surface area contributed by atoms with Crippen molar-refractivity contribution in [1.29, 1.82) is 0 Å². The summed E-state index contributed by atoms with van der Waals surface area (Å²) < 4.78 is 16.6. The van der Waals surface area contributed by atoms with E-state index in [1.165, 1.54) is 6.08 Å². The molecule has 6 nitrogen and oxygen atoms in total. The van der Waals surface area contributed by atoms with E-state index in [1.54, 1.807) is 13.8 Å². The first-order chi connectivity index (χ1) is 11.3. The van der Waals surface area contributed by atoms with Crippen LogP contribution in [0.1, 0.15) is 26.7 Å². The van der Waals surface area contributed by atoms with Gasteiger partial charge in [0.05, 0.1) is 11.8 Å². The van der Waals surface area contributed by atoms with Gasteiger partial charge in [-0.05, 0) is 5.57 Å². The van der Waals surface area contributed by atoms with Crippen molar-refractivity contribution in [3.8, 4) is 0 Å². The number of ether oxygens (including phenoxy) is 3. The summed E-state index contributed by atoms with van der Waals surface area (Å²) >= 11 is 0. The van der Waals surface area contributed by atoms with E-state index in [2.05, 4.69) is 13.2 Å². The molecule has 0 spiro atoms. The van der Waals surface area contributed by atoms with Crippen LogP contribution in [0, 0.1) is 11.8 Å². The van der Waals surface area contributed by atoms with Gasteiger partial charge in [0.2, 0.25) is 0 Å². The number of allylic oxidation sites excluding steroid dienone is 1. The van der Waals surface area contributed by atoms with E-state index in [0.717, 1.165) is 0 Å². The molecule has 0 amide bonds. The average Bonchev–Trinajstić information content (AvgIpc) is 3.00. The van der Waals surface area contributed by atoms with Gasteiger partial charge < -0.3 is 14.2 Å². The first-order valence-electron chi connectivity index (χ1n) is 7.98. The second kappa shape index (κ2) is 5.92. The van der Waals surface area contributed by atoms with Crippen molar-refractivity contribution < 1.29 is 28.6 Å². The van der Waals surface area contributed by atoms with Gasteiger partial charge in [0.25, 0.3) is 0 Å². The summed E-state index contributed by atoms with van der Waals surface area (Å²) in [5.41, 5.74) is 0.841. The van der Waals surface area contributed by atoms with Crippen LogP contribution in [0.2, 0.25) is 0 Å². The van der Waals surface area contributed by atoms with Crippen LogP contribution in [0.4, 0.5) is 0 Å². The summed E-state index contributed by atoms with van der Waals surface area (Å²) in [5.74, 6) is -1.51. The topological polar surface area (TPSA) is 78.9 Å². The van der Waals surface area contributed by atoms with Crippen molar-refractivity contribution in [3.05, 3.63) is 36.1 Å². The van der Waals surface area contributed by atoms with Gasteiger partial charge in [-0.25, -0.2) is 4.79 Å². The molecule has 3 heterocycles. The van der Waals surface area contributed by atoms with Crippen LogP contribution in [0.3, 0.4) is 0 Å². The molecule has 3 rings (SSSR count). The predicted molar refractivity (Wildman–Crippen MR) is 83.6 cm³/mol. The molecule has 0 aromatic carbocycles. The first-order valence-corrected chi connectivity index (χ1v) is 7.98. The number of esters is 2. The summed E-state index contributed by atoms with van der Waals surface area (Å²) in [6, 6.07) is 0. The van der Waals surface area contributed by atoms with E-state index < -0.39 is 36.2 Å². The normalized spacial score (nSPS) is 32.4. The zero-order chi connectivity index (χ0) is 17.6. The highest BCUT2D eigenvalue weighted by Crippen LogP contribution is 2.40. The van der Waals surface area contributed by atoms with Crippen LogP contribution >= 0.6 is 0 Å². The Kier molecular flexibility index (Phi) is 4.07. The van der Waals surface area contributed by atoms with Gasteiger partial charge in [-0.15, -0.1) is 0 Å². The highest BCUT2D eigenvalue weighted by atomic mass is 16.6. The molecular formula is C18H20O6. The highest BCUT2D eigenvalue weighted by molar-refractivity contribution is 5.97. The van der Waals surface area contributed by atoms with Gasteiger partial charge in [-0.1, -0.05) is 27.0 Å². The molecule has 2 bridgehead atoms. The summed E-state index contributed by atoms with van der Waals surface area (Å²) in [6.45, 7) is 11.2. The highest BCUT2D eigenvalue weighted by Gasteiger charge is 2.49. The average molecular weight is 332 g/mol. The number of carbonyl (C=O) groups is 3. The maximum Gasteiger partial charge on any atom is 0.334 e. The molecule has 0 N–H and O–H groups in total. The first kappa shape index (κ1) is 16.5. The Morgan fingerprint density at radius 1 is 1.29 bits per heavy atom. The van der Waals surface area contributed by atoms with Crippen molar-refractivity contribution >= 4 is 17.7 Å². The standard InChI is InChI=1S/C18H20O6/c1-8(2)17(20)23-15-7-13-11(19)6-12(22-13)9(3)5-14-16(15)10(4)18(21)24-14/h6,8,13-16H,3-5,7H2,1-2H3/t13-,14-,15-,16+/m1/s1. The molecule has 3 aliphatic heterocycles. The van der Waals surface area contributed by atoms with Gasteiger partial charge in [0, 0.05) is 24.5 Å². The van der Waals surface area contributed by atoms with Crippen LogP contribution in [-0.2, 0) is 28.6 Å². The molecule has 2 fully saturated rings. The smallest absolute Gasteiger partial charge is 0.334 e. The van der Waals surface area contributed by atoms with Gasteiger partial charge in [-0.2, -0.15) is 0 Å². The SMILES string of the molecule is C=C1C[C@H]2OC(=O)C(=C)[C@@H]2[C@H](OC(=O)C(C)C)C[C@H]2OC1=CC2=O. The quantitative estimate of drug-likeness (QED) is 0.567. The Morgan fingerprint density at radius 2 is 2.00 bits per heavy atom. The maximum absolute atomic E-state index is 12.1. The Balaban J connectivity index is 1.96. The minimum Gasteiger partial charge on any atom is -0.482 e. The van der Waals surface area contributed by atoms with Crippen LogP contribution in [-0.4, -0.2) is 36.0 Å². The molecule has 6 heteroatoms. The number of hydrogen-bond acceptors (Lipinski definition) is 6. The van der Waals surface area contributed by atoms with Crippen molar-refractivity contribution in [2.45, 2.75) is 45.0 Å². The van der Waals surface area contributed by atoms with Gasteiger partial charge in [0.1, 0.15) is 18.0 Å². The third-order valence-corrected chi connectivity index (χ3v) is 4.57. The molecule has 0 aromatic heterocycles. The summed E-state index contributed by atoms with van der Waals surface area (Å²) in [7, 11) is 0. The van der Waals surface area contributed by atoms with E-state index in [1.807, 2.05) is 0 Å². The molecule has 0 aromatic rings. The lowest BCUT2D eigenvalue weighted by molar-refractivity contribution is -0.158. The van der Waals surface area contributed by atoms with Gasteiger partial charge in [0.15, 0.2) is 11.9 Å². The fourth-order valence-electron chi connectivity index (χ4n) is 3.20. The molecule has 24 heavy (non-hydrogen) atoms. The largest absolute Gasteiger partial charge is 0.482 e. The van der Waals surface area contributed by atoms with E-state index in [0.29, 0.717) is 17.8 Å². The fourth-order valence-corrected chi connectivity index (χ4v) is 3.20. The number of ketones is 1. The van der Waals surface area contributed by atoms with Crippen LogP contribution in [0.5, 0.6) is 0 Å². The van der Waals surface area contributed by atoms with E-state index in [4.69, 9.17) is 14.2 Å². The molecule has 0 saturated carbocycles. The Hall–Kier alpha value is -2.37. The molecule has 2 saturated heterocycles. The van der Waals surface area contributed by atoms with Crippen molar-refractivity contribution in [3.63, 3.8) is 0 Å². The summed E-state index contributed by atoms with van der Waals surface area (Å²) in [6.07, 6.45) is -0.125. The summed E-state index contributed by atoms with van der Waals surface area (Å²) in [4.78, 5) is 36.2. The monoisotopic (exact) mass is 332 g/mol. The second-order valence-electron chi connectivity index (χ2n) is 6.69. The lowest BCUT2D eigenvalue weighted by Crippen LogP contribution is -2.38. The fraction of sp³-hybridized carbons (Fsp3) is 0.500.